The molecule has 46 heavy (non-hydrogen) atoms. The smallest absolute Gasteiger partial charge is 0.248 e. The number of benzene rings is 2. The van der Waals surface area contributed by atoms with Crippen molar-refractivity contribution in [3.63, 3.8) is 0 Å². The van der Waals surface area contributed by atoms with Crippen LogP contribution in [0.25, 0.3) is 11.0 Å². The fourth-order valence-corrected chi connectivity index (χ4v) is 7.42. The summed E-state index contributed by atoms with van der Waals surface area (Å²) in [6, 6.07) is 13.1. The third-order valence-corrected chi connectivity index (χ3v) is 10.3. The van der Waals surface area contributed by atoms with Gasteiger partial charge in [0, 0.05) is 44.0 Å². The lowest BCUT2D eigenvalue weighted by molar-refractivity contribution is -0.116. The van der Waals surface area contributed by atoms with Crippen LogP contribution in [0.15, 0.2) is 72.1 Å². The van der Waals surface area contributed by atoms with Gasteiger partial charge in [0.15, 0.2) is 5.82 Å². The summed E-state index contributed by atoms with van der Waals surface area (Å²) >= 11 is 0. The summed E-state index contributed by atoms with van der Waals surface area (Å²) in [6.45, 7) is 8.94. The molecule has 1 N–H and O–H groups in total. The number of sulfonamides is 1. The fourth-order valence-electron chi connectivity index (χ4n) is 5.90. The molecule has 0 bridgehead atoms. The van der Waals surface area contributed by atoms with Gasteiger partial charge in [0.05, 0.1) is 18.3 Å². The number of carbonyl (C=O) groups is 1. The Hall–Kier alpha value is -4.75. The molecular weight excluding hydrogens is 604 g/mol. The van der Waals surface area contributed by atoms with Crippen LogP contribution in [0.1, 0.15) is 60.4 Å². The second kappa shape index (κ2) is 12.9. The molecule has 0 fully saturated rings. The molecule has 2 aromatic carbocycles. The minimum absolute atomic E-state index is 0.0577. The Labute approximate surface area is 267 Å². The van der Waals surface area contributed by atoms with Crippen LogP contribution in [0.4, 0.5) is 5.82 Å². The average Bonchev–Trinajstić information content (AvgIpc) is 3.45. The van der Waals surface area contributed by atoms with Crippen LogP contribution in [-0.4, -0.2) is 61.2 Å². The van der Waals surface area contributed by atoms with Gasteiger partial charge in [-0.2, -0.15) is 4.31 Å². The maximum Gasteiger partial charge on any atom is 0.248 e. The van der Waals surface area contributed by atoms with Crippen LogP contribution < -0.4 is 10.1 Å². The highest BCUT2D eigenvalue weighted by Crippen LogP contribution is 2.36. The first-order valence-electron chi connectivity index (χ1n) is 15.3. The van der Waals surface area contributed by atoms with Crippen LogP contribution in [0.5, 0.6) is 5.88 Å². The van der Waals surface area contributed by atoms with E-state index in [0.29, 0.717) is 18.8 Å². The average molecular weight is 641 g/mol. The molecule has 0 saturated heterocycles. The number of hydrogen-bond donors (Lipinski definition) is 1. The van der Waals surface area contributed by atoms with E-state index >= 15 is 0 Å². The lowest BCUT2D eigenvalue weighted by atomic mass is 9.84. The molecule has 1 aliphatic heterocycles. The van der Waals surface area contributed by atoms with Crippen molar-refractivity contribution in [2.75, 3.05) is 11.9 Å². The Bertz CT molecular complexity index is 2000. The third-order valence-electron chi connectivity index (χ3n) is 8.49. The molecule has 13 heteroatoms. The maximum absolute atomic E-state index is 13.9. The van der Waals surface area contributed by atoms with E-state index in [9.17, 15) is 13.2 Å². The molecule has 0 saturated carbocycles. The van der Waals surface area contributed by atoms with Gasteiger partial charge in [0.1, 0.15) is 16.5 Å². The quantitative estimate of drug-likeness (QED) is 0.241. The number of rotatable bonds is 9. The molecule has 1 aliphatic rings. The minimum Gasteiger partial charge on any atom is -0.472 e. The lowest BCUT2D eigenvalue weighted by Gasteiger charge is -2.25. The molecule has 6 rings (SSSR count). The number of ether oxygens (including phenoxy) is 1. The molecular formula is C33H36N8O4S. The predicted molar refractivity (Wildman–Crippen MR) is 173 cm³/mol. The molecule has 3 aromatic heterocycles. The highest BCUT2D eigenvalue weighted by molar-refractivity contribution is 7.89. The van der Waals surface area contributed by atoms with Gasteiger partial charge < -0.3 is 10.1 Å². The van der Waals surface area contributed by atoms with E-state index in [2.05, 4.69) is 30.6 Å². The minimum atomic E-state index is -3.90. The summed E-state index contributed by atoms with van der Waals surface area (Å²) in [5.74, 6) is -0.110. The molecule has 238 valence electrons. The molecule has 0 radical (unpaired) electrons. The van der Waals surface area contributed by atoms with Crippen molar-refractivity contribution in [1.82, 2.24) is 34.3 Å². The SMILES string of the molecule is CC[C@@H]1CN(Cc2cc(C(CC(=O)Nc3cnccn3)c3ccc4c(nnn4CC)c3C)ccc2C)S(=O)(=O)c2cccnc2O1. The Kier molecular flexibility index (Phi) is 8.78. The van der Waals surface area contributed by atoms with Crippen LogP contribution in [0.2, 0.25) is 0 Å². The topological polar surface area (TPSA) is 145 Å². The number of carbonyl (C=O) groups excluding carboxylic acids is 1. The number of aryl methyl sites for hydroxylation is 3. The molecule has 1 amide bonds. The first-order valence-corrected chi connectivity index (χ1v) is 16.7. The number of fused-ring (bicyclic) bond motifs is 2. The number of amides is 1. The summed E-state index contributed by atoms with van der Waals surface area (Å²) in [4.78, 5) is 26.0. The maximum atomic E-state index is 13.9. The van der Waals surface area contributed by atoms with E-state index in [4.69, 9.17) is 4.74 Å². The number of pyridine rings is 1. The first kappa shape index (κ1) is 31.2. The van der Waals surface area contributed by atoms with Crippen molar-refractivity contribution >= 4 is 32.8 Å². The molecule has 0 aliphatic carbocycles. The van der Waals surface area contributed by atoms with Gasteiger partial charge in [-0.3, -0.25) is 9.78 Å². The summed E-state index contributed by atoms with van der Waals surface area (Å²) < 4.78 is 37.1. The molecule has 5 aromatic rings. The highest BCUT2D eigenvalue weighted by Gasteiger charge is 2.35. The second-order valence-electron chi connectivity index (χ2n) is 11.4. The zero-order valence-corrected chi connectivity index (χ0v) is 27.0. The van der Waals surface area contributed by atoms with Crippen molar-refractivity contribution in [2.45, 2.75) is 70.5 Å². The highest BCUT2D eigenvalue weighted by atomic mass is 32.2. The van der Waals surface area contributed by atoms with E-state index < -0.39 is 10.0 Å². The Morgan fingerprint density at radius 1 is 1.09 bits per heavy atom. The van der Waals surface area contributed by atoms with Gasteiger partial charge in [0.25, 0.3) is 0 Å². The van der Waals surface area contributed by atoms with E-state index in [-0.39, 0.29) is 48.2 Å². The zero-order chi connectivity index (χ0) is 32.4. The van der Waals surface area contributed by atoms with Crippen molar-refractivity contribution < 1.29 is 17.9 Å². The van der Waals surface area contributed by atoms with Crippen LogP contribution in [0, 0.1) is 13.8 Å². The summed E-state index contributed by atoms with van der Waals surface area (Å²) in [7, 11) is -3.90. The molecule has 2 atom stereocenters. The van der Waals surface area contributed by atoms with Crippen LogP contribution >= 0.6 is 0 Å². The number of hydrogen-bond acceptors (Lipinski definition) is 9. The Morgan fingerprint density at radius 2 is 1.93 bits per heavy atom. The van der Waals surface area contributed by atoms with E-state index in [1.807, 2.05) is 62.7 Å². The van der Waals surface area contributed by atoms with Gasteiger partial charge in [-0.15, -0.1) is 5.10 Å². The molecule has 0 spiro atoms. The fraction of sp³-hybridized carbons (Fsp3) is 0.333. The summed E-state index contributed by atoms with van der Waals surface area (Å²) in [5, 5.41) is 11.6. The van der Waals surface area contributed by atoms with Crippen molar-refractivity contribution in [3.05, 3.63) is 95.1 Å². The van der Waals surface area contributed by atoms with E-state index in [1.165, 1.54) is 29.0 Å². The largest absolute Gasteiger partial charge is 0.472 e. The Morgan fingerprint density at radius 3 is 2.70 bits per heavy atom. The third kappa shape index (κ3) is 6.07. The number of aromatic nitrogens is 6. The lowest BCUT2D eigenvalue weighted by Crippen LogP contribution is -2.36. The summed E-state index contributed by atoms with van der Waals surface area (Å²) in [6.07, 6.45) is 6.48. The number of anilines is 1. The standard InChI is InChI=1S/C33H36N8O4S/c1-5-25-20-40(46(43,44)29-8-7-13-36-33(29)45-25)19-24-16-23(10-9-21(24)3)27(17-31(42)37-30-18-34-14-15-35-30)26-11-12-28-32(22(26)4)38-39-41(28)6-2/h7-16,18,25,27H,5-6,17,19-20H2,1-4H3,(H,35,37,42)/t25-,27?/m1/s1. The first-order chi connectivity index (χ1) is 22.2. The van der Waals surface area contributed by atoms with Gasteiger partial charge in [0.2, 0.25) is 21.8 Å². The monoisotopic (exact) mass is 640 g/mol. The zero-order valence-electron chi connectivity index (χ0n) is 26.2. The van der Waals surface area contributed by atoms with Crippen molar-refractivity contribution in [1.29, 1.82) is 0 Å². The Balaban J connectivity index is 1.40. The van der Waals surface area contributed by atoms with Gasteiger partial charge in [-0.25, -0.2) is 23.1 Å². The normalized spacial score (nSPS) is 16.7. The van der Waals surface area contributed by atoms with Crippen molar-refractivity contribution in [2.24, 2.45) is 0 Å². The van der Waals surface area contributed by atoms with Crippen LogP contribution in [0.3, 0.4) is 0 Å². The number of nitrogens with zero attached hydrogens (tertiary/aromatic N) is 7. The van der Waals surface area contributed by atoms with Gasteiger partial charge in [-0.1, -0.05) is 36.4 Å². The molecule has 1 unspecified atom stereocenters. The number of nitrogens with one attached hydrogen (secondary N) is 1. The van der Waals surface area contributed by atoms with Crippen molar-refractivity contribution in [3.8, 4) is 5.88 Å². The molecule has 12 nitrogen and oxygen atoms in total. The second-order valence-corrected chi connectivity index (χ2v) is 13.3. The predicted octanol–water partition coefficient (Wildman–Crippen LogP) is 4.78. The van der Waals surface area contributed by atoms with E-state index in [0.717, 1.165) is 38.9 Å². The molecule has 4 heterocycles. The van der Waals surface area contributed by atoms with E-state index in [1.54, 1.807) is 12.3 Å². The summed E-state index contributed by atoms with van der Waals surface area (Å²) in [5.41, 5.74) is 6.20. The van der Waals surface area contributed by atoms with Gasteiger partial charge >= 0.3 is 0 Å². The van der Waals surface area contributed by atoms with Gasteiger partial charge in [-0.05, 0) is 73.2 Å². The van der Waals surface area contributed by atoms with Crippen LogP contribution in [-0.2, 0) is 27.9 Å².